The van der Waals surface area contributed by atoms with Gasteiger partial charge in [0.15, 0.2) is 0 Å². The van der Waals surface area contributed by atoms with Crippen molar-refractivity contribution in [2.24, 2.45) is 0 Å². The molecule has 6 heteroatoms. The van der Waals surface area contributed by atoms with Gasteiger partial charge in [0, 0.05) is 15.2 Å². The zero-order valence-electron chi connectivity index (χ0n) is 9.61. The maximum absolute atomic E-state index is 11.4. The molecule has 0 spiro atoms. The van der Waals surface area contributed by atoms with Crippen LogP contribution in [0.5, 0.6) is 5.75 Å². The van der Waals surface area contributed by atoms with Crippen molar-refractivity contribution < 1.29 is 13.2 Å². The standard InChI is InChI=1S/C11H14BrClO3S/c1-3-4-8(2)16-10-6-5-9(12)7-11(10)17(13,14)15/h5-8H,3-4H2,1-2H3. The summed E-state index contributed by atoms with van der Waals surface area (Å²) in [6.07, 6.45) is 1.79. The van der Waals surface area contributed by atoms with Crippen LogP contribution in [0.2, 0.25) is 0 Å². The predicted octanol–water partition coefficient (Wildman–Crippen LogP) is 3.94. The van der Waals surface area contributed by atoms with Gasteiger partial charge in [0.25, 0.3) is 9.05 Å². The van der Waals surface area contributed by atoms with Gasteiger partial charge in [-0.05, 0) is 31.5 Å². The third-order valence-corrected chi connectivity index (χ3v) is 4.03. The summed E-state index contributed by atoms with van der Waals surface area (Å²) in [5.41, 5.74) is 0. The van der Waals surface area contributed by atoms with E-state index in [4.69, 9.17) is 15.4 Å². The molecule has 0 saturated carbocycles. The normalized spacial score (nSPS) is 13.4. The van der Waals surface area contributed by atoms with Crippen LogP contribution in [-0.4, -0.2) is 14.5 Å². The molecule has 0 aliphatic carbocycles. The Morgan fingerprint density at radius 1 is 1.47 bits per heavy atom. The predicted molar refractivity (Wildman–Crippen MR) is 72.2 cm³/mol. The van der Waals surface area contributed by atoms with E-state index in [-0.39, 0.29) is 11.0 Å². The highest BCUT2D eigenvalue weighted by molar-refractivity contribution is 9.10. The van der Waals surface area contributed by atoms with E-state index in [0.717, 1.165) is 12.8 Å². The molecule has 1 aromatic rings. The molecule has 96 valence electrons. The van der Waals surface area contributed by atoms with Gasteiger partial charge in [-0.3, -0.25) is 0 Å². The lowest BCUT2D eigenvalue weighted by atomic mass is 10.2. The number of hydrogen-bond donors (Lipinski definition) is 0. The van der Waals surface area contributed by atoms with E-state index in [0.29, 0.717) is 10.2 Å². The van der Waals surface area contributed by atoms with Crippen molar-refractivity contribution in [3.63, 3.8) is 0 Å². The molecule has 1 rings (SSSR count). The van der Waals surface area contributed by atoms with Crippen LogP contribution in [0, 0.1) is 0 Å². The Kier molecular flexibility index (Phi) is 5.28. The minimum Gasteiger partial charge on any atom is -0.489 e. The molecule has 3 nitrogen and oxygen atoms in total. The van der Waals surface area contributed by atoms with Crippen molar-refractivity contribution in [1.82, 2.24) is 0 Å². The van der Waals surface area contributed by atoms with Crippen LogP contribution in [0.4, 0.5) is 0 Å². The molecule has 0 heterocycles. The maximum atomic E-state index is 11.4. The first-order chi connectivity index (χ1) is 7.84. The Hall–Kier alpha value is -0.260. The highest BCUT2D eigenvalue weighted by Crippen LogP contribution is 2.31. The summed E-state index contributed by atoms with van der Waals surface area (Å²) in [5.74, 6) is 0.296. The van der Waals surface area contributed by atoms with E-state index >= 15 is 0 Å². The molecule has 1 atom stereocenters. The molecule has 0 saturated heterocycles. The minimum atomic E-state index is -3.80. The van der Waals surface area contributed by atoms with Gasteiger partial charge in [0.1, 0.15) is 10.6 Å². The van der Waals surface area contributed by atoms with E-state index in [1.54, 1.807) is 12.1 Å². The number of ether oxygens (including phenoxy) is 1. The Morgan fingerprint density at radius 3 is 2.65 bits per heavy atom. The zero-order valence-corrected chi connectivity index (χ0v) is 12.8. The van der Waals surface area contributed by atoms with Gasteiger partial charge in [-0.2, -0.15) is 0 Å². The van der Waals surface area contributed by atoms with Crippen LogP contribution in [0.3, 0.4) is 0 Å². The molecule has 0 radical (unpaired) electrons. The monoisotopic (exact) mass is 340 g/mol. The van der Waals surface area contributed by atoms with Crippen molar-refractivity contribution in [1.29, 1.82) is 0 Å². The number of benzene rings is 1. The van der Waals surface area contributed by atoms with E-state index in [1.807, 2.05) is 13.8 Å². The summed E-state index contributed by atoms with van der Waals surface area (Å²) < 4.78 is 29.0. The number of halogens is 2. The van der Waals surface area contributed by atoms with Crippen molar-refractivity contribution in [3.05, 3.63) is 22.7 Å². The fourth-order valence-corrected chi connectivity index (χ4v) is 2.95. The Balaban J connectivity index is 3.07. The van der Waals surface area contributed by atoms with Crippen molar-refractivity contribution in [3.8, 4) is 5.75 Å². The maximum Gasteiger partial charge on any atom is 0.265 e. The lowest BCUT2D eigenvalue weighted by Gasteiger charge is -2.15. The largest absolute Gasteiger partial charge is 0.489 e. The highest BCUT2D eigenvalue weighted by Gasteiger charge is 2.18. The Labute approximate surface area is 115 Å². The van der Waals surface area contributed by atoms with Crippen LogP contribution in [0.15, 0.2) is 27.6 Å². The molecule has 0 aromatic heterocycles. The second-order valence-corrected chi connectivity index (χ2v) is 7.20. The topological polar surface area (TPSA) is 43.4 Å². The summed E-state index contributed by atoms with van der Waals surface area (Å²) in [4.78, 5) is -0.00325. The van der Waals surface area contributed by atoms with Gasteiger partial charge in [0.05, 0.1) is 6.10 Å². The lowest BCUT2D eigenvalue weighted by Crippen LogP contribution is -2.12. The van der Waals surface area contributed by atoms with Crippen LogP contribution < -0.4 is 4.74 Å². The molecule has 0 N–H and O–H groups in total. The Bertz CT molecular complexity index is 487. The van der Waals surface area contributed by atoms with E-state index in [1.165, 1.54) is 6.07 Å². The van der Waals surface area contributed by atoms with E-state index in [2.05, 4.69) is 15.9 Å². The van der Waals surface area contributed by atoms with Gasteiger partial charge < -0.3 is 4.74 Å². The van der Waals surface area contributed by atoms with Gasteiger partial charge in [-0.1, -0.05) is 29.3 Å². The van der Waals surface area contributed by atoms with Crippen LogP contribution in [0.25, 0.3) is 0 Å². The summed E-state index contributed by atoms with van der Waals surface area (Å²) in [6, 6.07) is 4.77. The highest BCUT2D eigenvalue weighted by atomic mass is 79.9. The second kappa shape index (κ2) is 6.07. The molecule has 0 fully saturated rings. The fourth-order valence-electron chi connectivity index (χ4n) is 1.45. The first-order valence-electron chi connectivity index (χ1n) is 5.25. The summed E-state index contributed by atoms with van der Waals surface area (Å²) >= 11 is 3.21. The van der Waals surface area contributed by atoms with Gasteiger partial charge in [-0.15, -0.1) is 0 Å². The fraction of sp³-hybridized carbons (Fsp3) is 0.455. The second-order valence-electron chi connectivity index (χ2n) is 3.75. The molecular formula is C11H14BrClO3S. The summed E-state index contributed by atoms with van der Waals surface area (Å²) in [6.45, 7) is 3.94. The van der Waals surface area contributed by atoms with Crippen LogP contribution in [-0.2, 0) is 9.05 Å². The SMILES string of the molecule is CCCC(C)Oc1ccc(Br)cc1S(=O)(=O)Cl. The molecule has 0 amide bonds. The molecular weight excluding hydrogens is 328 g/mol. The summed E-state index contributed by atoms with van der Waals surface area (Å²) in [5, 5.41) is 0. The number of hydrogen-bond acceptors (Lipinski definition) is 3. The van der Waals surface area contributed by atoms with Crippen LogP contribution >= 0.6 is 26.6 Å². The molecule has 1 aromatic carbocycles. The average molecular weight is 342 g/mol. The molecule has 0 bridgehead atoms. The minimum absolute atomic E-state index is 0.00325. The summed E-state index contributed by atoms with van der Waals surface area (Å²) in [7, 11) is 1.57. The first-order valence-corrected chi connectivity index (χ1v) is 8.35. The molecule has 0 aliphatic rings. The first kappa shape index (κ1) is 14.8. The Morgan fingerprint density at radius 2 is 2.12 bits per heavy atom. The van der Waals surface area contributed by atoms with Crippen molar-refractivity contribution in [2.75, 3.05) is 0 Å². The molecule has 1 unspecified atom stereocenters. The molecule has 17 heavy (non-hydrogen) atoms. The zero-order chi connectivity index (χ0) is 13.1. The van der Waals surface area contributed by atoms with Gasteiger partial charge >= 0.3 is 0 Å². The molecule has 0 aliphatic heterocycles. The smallest absolute Gasteiger partial charge is 0.265 e. The van der Waals surface area contributed by atoms with Crippen molar-refractivity contribution >= 4 is 35.7 Å². The number of rotatable bonds is 5. The third-order valence-electron chi connectivity index (χ3n) is 2.19. The van der Waals surface area contributed by atoms with Gasteiger partial charge in [0.2, 0.25) is 0 Å². The quantitative estimate of drug-likeness (QED) is 0.762. The van der Waals surface area contributed by atoms with E-state index < -0.39 is 9.05 Å². The lowest BCUT2D eigenvalue weighted by molar-refractivity contribution is 0.204. The van der Waals surface area contributed by atoms with E-state index in [9.17, 15) is 8.42 Å². The third kappa shape index (κ3) is 4.48. The van der Waals surface area contributed by atoms with Crippen LogP contribution in [0.1, 0.15) is 26.7 Å². The van der Waals surface area contributed by atoms with Crippen molar-refractivity contribution in [2.45, 2.75) is 37.7 Å². The van der Waals surface area contributed by atoms with Gasteiger partial charge in [-0.25, -0.2) is 8.42 Å². The average Bonchev–Trinajstić information content (AvgIpc) is 2.19.